The lowest BCUT2D eigenvalue weighted by molar-refractivity contribution is 0.490. The minimum absolute atomic E-state index is 0.400. The summed E-state index contributed by atoms with van der Waals surface area (Å²) in [6.07, 6.45) is 6.76. The SMILES string of the molecule is Cc1cc(N2CC(N(C)c3ncnc4cnccc34)C2)ncn1. The second-order valence-corrected chi connectivity index (χ2v) is 5.78. The Morgan fingerprint density at radius 1 is 1.13 bits per heavy atom. The summed E-state index contributed by atoms with van der Waals surface area (Å²) in [5, 5.41) is 1.03. The van der Waals surface area contributed by atoms with Gasteiger partial charge in [0.1, 0.15) is 24.3 Å². The first-order valence-electron chi connectivity index (χ1n) is 7.53. The summed E-state index contributed by atoms with van der Waals surface area (Å²) in [4.78, 5) is 25.8. The van der Waals surface area contributed by atoms with Gasteiger partial charge in [0.2, 0.25) is 0 Å². The Bertz CT molecular complexity index is 839. The zero-order chi connectivity index (χ0) is 15.8. The van der Waals surface area contributed by atoms with Gasteiger partial charge in [0.05, 0.1) is 17.8 Å². The van der Waals surface area contributed by atoms with Gasteiger partial charge < -0.3 is 9.80 Å². The Kier molecular flexibility index (Phi) is 3.25. The lowest BCUT2D eigenvalue weighted by Gasteiger charge is -2.45. The van der Waals surface area contributed by atoms with Gasteiger partial charge in [-0.15, -0.1) is 0 Å². The lowest BCUT2D eigenvalue weighted by atomic mass is 10.1. The molecule has 0 atom stereocenters. The molecule has 116 valence electrons. The van der Waals surface area contributed by atoms with Crippen molar-refractivity contribution in [1.29, 1.82) is 0 Å². The summed E-state index contributed by atoms with van der Waals surface area (Å²) >= 11 is 0. The maximum atomic E-state index is 4.46. The van der Waals surface area contributed by atoms with Crippen LogP contribution in [0.1, 0.15) is 5.69 Å². The highest BCUT2D eigenvalue weighted by Crippen LogP contribution is 2.27. The van der Waals surface area contributed by atoms with E-state index in [9.17, 15) is 0 Å². The summed E-state index contributed by atoms with van der Waals surface area (Å²) < 4.78 is 0. The number of nitrogens with zero attached hydrogens (tertiary/aromatic N) is 7. The van der Waals surface area contributed by atoms with E-state index in [1.54, 1.807) is 25.0 Å². The Hall–Kier alpha value is -2.83. The van der Waals surface area contributed by atoms with Crippen LogP contribution in [0.15, 0.2) is 37.2 Å². The van der Waals surface area contributed by atoms with Crippen LogP contribution in [0.2, 0.25) is 0 Å². The average Bonchev–Trinajstić information content (AvgIpc) is 2.53. The monoisotopic (exact) mass is 307 g/mol. The topological polar surface area (TPSA) is 70.9 Å². The third-order valence-corrected chi connectivity index (χ3v) is 4.28. The van der Waals surface area contributed by atoms with Gasteiger partial charge >= 0.3 is 0 Å². The van der Waals surface area contributed by atoms with Crippen LogP contribution in [0, 0.1) is 6.92 Å². The molecule has 0 amide bonds. The molecule has 23 heavy (non-hydrogen) atoms. The fourth-order valence-electron chi connectivity index (χ4n) is 2.85. The van der Waals surface area contributed by atoms with Crippen molar-refractivity contribution >= 4 is 22.5 Å². The molecule has 0 bridgehead atoms. The van der Waals surface area contributed by atoms with Crippen molar-refractivity contribution in [2.45, 2.75) is 13.0 Å². The molecule has 3 aromatic heterocycles. The van der Waals surface area contributed by atoms with E-state index in [0.29, 0.717) is 6.04 Å². The second kappa shape index (κ2) is 5.42. The fraction of sp³-hybridized carbons (Fsp3) is 0.312. The van der Waals surface area contributed by atoms with E-state index in [-0.39, 0.29) is 0 Å². The number of pyridine rings is 1. The van der Waals surface area contributed by atoms with E-state index in [4.69, 9.17) is 0 Å². The third kappa shape index (κ3) is 2.44. The van der Waals surface area contributed by atoms with E-state index in [1.165, 1.54) is 0 Å². The first-order chi connectivity index (χ1) is 11.2. The summed E-state index contributed by atoms with van der Waals surface area (Å²) in [7, 11) is 2.08. The van der Waals surface area contributed by atoms with Crippen molar-refractivity contribution < 1.29 is 0 Å². The Morgan fingerprint density at radius 2 is 1.96 bits per heavy atom. The highest BCUT2D eigenvalue weighted by atomic mass is 15.3. The van der Waals surface area contributed by atoms with Crippen molar-refractivity contribution in [3.8, 4) is 0 Å². The van der Waals surface area contributed by atoms with Crippen LogP contribution >= 0.6 is 0 Å². The van der Waals surface area contributed by atoms with Crippen molar-refractivity contribution in [2.24, 2.45) is 0 Å². The number of anilines is 2. The average molecular weight is 307 g/mol. The van der Waals surface area contributed by atoms with E-state index in [1.807, 2.05) is 19.1 Å². The normalized spacial score (nSPS) is 14.8. The van der Waals surface area contributed by atoms with E-state index in [2.05, 4.69) is 41.8 Å². The molecule has 0 unspecified atom stereocenters. The van der Waals surface area contributed by atoms with Gasteiger partial charge in [0.25, 0.3) is 0 Å². The van der Waals surface area contributed by atoms with Crippen LogP contribution < -0.4 is 9.80 Å². The number of fused-ring (bicyclic) bond motifs is 1. The minimum atomic E-state index is 0.400. The summed E-state index contributed by atoms with van der Waals surface area (Å²) in [6, 6.07) is 4.38. The fourth-order valence-corrected chi connectivity index (χ4v) is 2.85. The molecule has 0 aliphatic carbocycles. The molecule has 0 N–H and O–H groups in total. The standard InChI is InChI=1S/C16H17N7/c1-11-5-15(20-9-18-11)23-7-12(8-23)22(2)16-13-3-4-17-6-14(13)19-10-21-16/h3-6,9-10,12H,7-8H2,1-2H3. The van der Waals surface area contributed by atoms with Crippen molar-refractivity contribution in [3.63, 3.8) is 0 Å². The van der Waals surface area contributed by atoms with Crippen LogP contribution in [-0.4, -0.2) is 51.1 Å². The zero-order valence-electron chi connectivity index (χ0n) is 13.1. The minimum Gasteiger partial charge on any atom is -0.353 e. The molecule has 4 rings (SSSR count). The summed E-state index contributed by atoms with van der Waals surface area (Å²) in [6.45, 7) is 3.82. The maximum absolute atomic E-state index is 4.46. The Labute approximate surface area is 134 Å². The molecule has 0 saturated carbocycles. The molecule has 0 spiro atoms. The molecule has 1 aliphatic heterocycles. The van der Waals surface area contributed by atoms with Gasteiger partial charge in [-0.05, 0) is 13.0 Å². The molecule has 1 saturated heterocycles. The van der Waals surface area contributed by atoms with E-state index >= 15 is 0 Å². The number of hydrogen-bond donors (Lipinski definition) is 0. The van der Waals surface area contributed by atoms with Crippen LogP contribution in [-0.2, 0) is 0 Å². The maximum Gasteiger partial charge on any atom is 0.140 e. The predicted octanol–water partition coefficient (Wildman–Crippen LogP) is 1.45. The molecule has 3 aromatic rings. The molecular formula is C16H17N7. The largest absolute Gasteiger partial charge is 0.353 e. The van der Waals surface area contributed by atoms with Crippen LogP contribution in [0.5, 0.6) is 0 Å². The smallest absolute Gasteiger partial charge is 0.140 e. The highest BCUT2D eigenvalue weighted by molar-refractivity contribution is 5.88. The zero-order valence-corrected chi connectivity index (χ0v) is 13.1. The van der Waals surface area contributed by atoms with Crippen LogP contribution in [0.4, 0.5) is 11.6 Å². The molecule has 1 fully saturated rings. The number of aryl methyl sites for hydroxylation is 1. The van der Waals surface area contributed by atoms with Gasteiger partial charge in [0, 0.05) is 43.5 Å². The van der Waals surface area contributed by atoms with Gasteiger partial charge in [0.15, 0.2) is 0 Å². The Balaban J connectivity index is 1.54. The van der Waals surface area contributed by atoms with Crippen LogP contribution in [0.25, 0.3) is 10.9 Å². The Morgan fingerprint density at radius 3 is 2.78 bits per heavy atom. The number of likely N-dealkylation sites (N-methyl/N-ethyl adjacent to an activating group) is 1. The first kappa shape index (κ1) is 13.8. The molecule has 4 heterocycles. The van der Waals surface area contributed by atoms with Crippen molar-refractivity contribution in [2.75, 3.05) is 29.9 Å². The van der Waals surface area contributed by atoms with Crippen molar-refractivity contribution in [3.05, 3.63) is 42.9 Å². The van der Waals surface area contributed by atoms with E-state index in [0.717, 1.165) is 41.3 Å². The highest BCUT2D eigenvalue weighted by Gasteiger charge is 2.32. The summed E-state index contributed by atoms with van der Waals surface area (Å²) in [5.74, 6) is 1.93. The molecule has 1 aliphatic rings. The van der Waals surface area contributed by atoms with Gasteiger partial charge in [-0.1, -0.05) is 0 Å². The number of aromatic nitrogens is 5. The molecule has 7 heteroatoms. The lowest BCUT2D eigenvalue weighted by Crippen LogP contribution is -2.59. The van der Waals surface area contributed by atoms with Gasteiger partial charge in [-0.3, -0.25) is 4.98 Å². The first-order valence-corrected chi connectivity index (χ1v) is 7.53. The summed E-state index contributed by atoms with van der Waals surface area (Å²) in [5.41, 5.74) is 1.85. The third-order valence-electron chi connectivity index (χ3n) is 4.28. The number of hydrogen-bond acceptors (Lipinski definition) is 7. The second-order valence-electron chi connectivity index (χ2n) is 5.78. The van der Waals surface area contributed by atoms with Crippen LogP contribution in [0.3, 0.4) is 0 Å². The van der Waals surface area contributed by atoms with Gasteiger partial charge in [-0.2, -0.15) is 0 Å². The molecule has 0 aromatic carbocycles. The number of rotatable bonds is 3. The molecule has 0 radical (unpaired) electrons. The molecular weight excluding hydrogens is 290 g/mol. The predicted molar refractivity (Wildman–Crippen MR) is 88.5 cm³/mol. The quantitative estimate of drug-likeness (QED) is 0.725. The molecule has 7 nitrogen and oxygen atoms in total. The van der Waals surface area contributed by atoms with Crippen molar-refractivity contribution in [1.82, 2.24) is 24.9 Å². The van der Waals surface area contributed by atoms with E-state index < -0.39 is 0 Å². The van der Waals surface area contributed by atoms with Gasteiger partial charge in [-0.25, -0.2) is 19.9 Å².